The molecule has 1 aliphatic rings. The normalized spacial score (nSPS) is 15.6. The molecule has 3 rings (SSSR count). The van der Waals surface area contributed by atoms with E-state index in [4.69, 9.17) is 4.74 Å². The summed E-state index contributed by atoms with van der Waals surface area (Å²) >= 11 is 0. The second-order valence-electron chi connectivity index (χ2n) is 4.72. The van der Waals surface area contributed by atoms with Gasteiger partial charge in [0.15, 0.2) is 0 Å². The number of para-hydroxylation sites is 1. The number of carbonyl (C=O) groups is 1. The lowest BCUT2D eigenvalue weighted by Crippen LogP contribution is -2.20. The number of amides is 1. The van der Waals surface area contributed by atoms with E-state index in [-0.39, 0.29) is 5.91 Å². The molecule has 20 heavy (non-hydrogen) atoms. The first kappa shape index (κ1) is 12.5. The standard InChI is InChI=1S/C17H15NO2/c1-18-16-9-4-3-8-14(16)15(17(18)19)11-12-6-5-7-13(10-12)20-2/h3-11H,1-2H3. The van der Waals surface area contributed by atoms with Crippen LogP contribution in [0.4, 0.5) is 5.69 Å². The van der Waals surface area contributed by atoms with Gasteiger partial charge in [-0.25, -0.2) is 0 Å². The third-order valence-corrected chi connectivity index (χ3v) is 3.50. The zero-order chi connectivity index (χ0) is 14.1. The Labute approximate surface area is 118 Å². The van der Waals surface area contributed by atoms with Crippen molar-refractivity contribution in [2.45, 2.75) is 0 Å². The van der Waals surface area contributed by atoms with Gasteiger partial charge in [0.2, 0.25) is 0 Å². The van der Waals surface area contributed by atoms with Crippen molar-refractivity contribution in [3.05, 3.63) is 59.7 Å². The number of hydrogen-bond donors (Lipinski definition) is 0. The molecule has 0 fully saturated rings. The average Bonchev–Trinajstić information content (AvgIpc) is 2.73. The molecule has 0 radical (unpaired) electrons. The SMILES string of the molecule is COc1cccc(C=C2C(=O)N(C)c3ccccc32)c1. The van der Waals surface area contributed by atoms with Crippen LogP contribution in [0, 0.1) is 0 Å². The maximum atomic E-state index is 12.3. The summed E-state index contributed by atoms with van der Waals surface area (Å²) in [5.41, 5.74) is 3.60. The number of nitrogens with zero attached hydrogens (tertiary/aromatic N) is 1. The molecule has 0 atom stereocenters. The maximum absolute atomic E-state index is 12.3. The van der Waals surface area contributed by atoms with E-state index in [1.54, 1.807) is 19.1 Å². The van der Waals surface area contributed by atoms with Crippen LogP contribution in [0.25, 0.3) is 11.6 Å². The van der Waals surface area contributed by atoms with Crippen molar-refractivity contribution >= 4 is 23.2 Å². The number of benzene rings is 2. The molecule has 0 unspecified atom stereocenters. The molecule has 100 valence electrons. The van der Waals surface area contributed by atoms with Gasteiger partial charge in [0.1, 0.15) is 5.75 Å². The first-order chi connectivity index (χ1) is 9.70. The van der Waals surface area contributed by atoms with E-state index in [1.807, 2.05) is 54.6 Å². The van der Waals surface area contributed by atoms with Crippen LogP contribution in [0.5, 0.6) is 5.75 Å². The lowest BCUT2D eigenvalue weighted by molar-refractivity contribution is -0.112. The fraction of sp³-hybridized carbons (Fsp3) is 0.118. The van der Waals surface area contributed by atoms with Crippen LogP contribution in [0.3, 0.4) is 0 Å². The summed E-state index contributed by atoms with van der Waals surface area (Å²) in [5.74, 6) is 0.806. The molecule has 0 aromatic heterocycles. The minimum Gasteiger partial charge on any atom is -0.497 e. The van der Waals surface area contributed by atoms with E-state index in [9.17, 15) is 4.79 Å². The summed E-state index contributed by atoms with van der Waals surface area (Å²) in [6, 6.07) is 15.5. The van der Waals surface area contributed by atoms with Gasteiger partial charge in [-0.2, -0.15) is 0 Å². The van der Waals surface area contributed by atoms with Crippen molar-refractivity contribution < 1.29 is 9.53 Å². The first-order valence-corrected chi connectivity index (χ1v) is 6.44. The molecular weight excluding hydrogens is 250 g/mol. The van der Waals surface area contributed by atoms with Crippen molar-refractivity contribution in [1.82, 2.24) is 0 Å². The second kappa shape index (κ2) is 4.85. The zero-order valence-electron chi connectivity index (χ0n) is 11.5. The molecule has 2 aromatic rings. The Bertz CT molecular complexity index is 704. The van der Waals surface area contributed by atoms with E-state index in [2.05, 4.69) is 0 Å². The molecule has 0 bridgehead atoms. The van der Waals surface area contributed by atoms with Crippen LogP contribution in [-0.4, -0.2) is 20.1 Å². The molecule has 0 spiro atoms. The molecule has 0 saturated heterocycles. The first-order valence-electron chi connectivity index (χ1n) is 6.44. The molecule has 1 heterocycles. The summed E-state index contributed by atoms with van der Waals surface area (Å²) in [4.78, 5) is 14.0. The van der Waals surface area contributed by atoms with Gasteiger partial charge in [0.05, 0.1) is 12.8 Å². The van der Waals surface area contributed by atoms with Gasteiger partial charge in [-0.05, 0) is 29.8 Å². The average molecular weight is 265 g/mol. The highest BCUT2D eigenvalue weighted by atomic mass is 16.5. The Morgan fingerprint density at radius 2 is 1.90 bits per heavy atom. The Morgan fingerprint density at radius 1 is 1.10 bits per heavy atom. The molecule has 1 amide bonds. The highest BCUT2D eigenvalue weighted by molar-refractivity contribution is 6.35. The Kier molecular flexibility index (Phi) is 3.03. The number of anilines is 1. The molecule has 1 aliphatic heterocycles. The highest BCUT2D eigenvalue weighted by Crippen LogP contribution is 2.36. The number of methoxy groups -OCH3 is 1. The van der Waals surface area contributed by atoms with E-state index in [1.165, 1.54) is 0 Å². The van der Waals surface area contributed by atoms with Crippen LogP contribution < -0.4 is 9.64 Å². The molecular formula is C17H15NO2. The Balaban J connectivity index is 2.09. The minimum atomic E-state index is 0.0222. The van der Waals surface area contributed by atoms with Gasteiger partial charge in [-0.1, -0.05) is 30.3 Å². The van der Waals surface area contributed by atoms with E-state index in [0.717, 1.165) is 28.1 Å². The number of hydrogen-bond acceptors (Lipinski definition) is 2. The molecule has 0 N–H and O–H groups in total. The maximum Gasteiger partial charge on any atom is 0.258 e. The fourth-order valence-electron chi connectivity index (χ4n) is 2.44. The number of fused-ring (bicyclic) bond motifs is 1. The lowest BCUT2D eigenvalue weighted by Gasteiger charge is -2.08. The summed E-state index contributed by atoms with van der Waals surface area (Å²) in [7, 11) is 3.43. The van der Waals surface area contributed by atoms with Crippen molar-refractivity contribution in [2.24, 2.45) is 0 Å². The summed E-state index contributed by atoms with van der Waals surface area (Å²) < 4.78 is 5.21. The van der Waals surface area contributed by atoms with E-state index >= 15 is 0 Å². The van der Waals surface area contributed by atoms with Crippen LogP contribution in [0.15, 0.2) is 48.5 Å². The molecule has 3 nitrogen and oxygen atoms in total. The fourth-order valence-corrected chi connectivity index (χ4v) is 2.44. The molecule has 0 saturated carbocycles. The summed E-state index contributed by atoms with van der Waals surface area (Å²) in [6.07, 6.45) is 1.91. The van der Waals surface area contributed by atoms with Crippen molar-refractivity contribution in [3.63, 3.8) is 0 Å². The van der Waals surface area contributed by atoms with Crippen molar-refractivity contribution in [2.75, 3.05) is 19.1 Å². The predicted octanol–water partition coefficient (Wildman–Crippen LogP) is 3.21. The van der Waals surface area contributed by atoms with Gasteiger partial charge in [-0.15, -0.1) is 0 Å². The summed E-state index contributed by atoms with van der Waals surface area (Å²) in [6.45, 7) is 0. The third kappa shape index (κ3) is 1.97. The number of ether oxygens (including phenoxy) is 1. The molecule has 3 heteroatoms. The molecule has 0 aliphatic carbocycles. The predicted molar refractivity (Wildman–Crippen MR) is 80.7 cm³/mol. The number of carbonyl (C=O) groups excluding carboxylic acids is 1. The van der Waals surface area contributed by atoms with Gasteiger partial charge < -0.3 is 9.64 Å². The van der Waals surface area contributed by atoms with Crippen LogP contribution in [0.1, 0.15) is 11.1 Å². The largest absolute Gasteiger partial charge is 0.497 e. The summed E-state index contributed by atoms with van der Waals surface area (Å²) in [5, 5.41) is 0. The van der Waals surface area contributed by atoms with Crippen LogP contribution in [-0.2, 0) is 4.79 Å². The van der Waals surface area contributed by atoms with Gasteiger partial charge in [0, 0.05) is 18.2 Å². The number of likely N-dealkylation sites (N-methyl/N-ethyl adjacent to an activating group) is 1. The van der Waals surface area contributed by atoms with E-state index < -0.39 is 0 Å². The smallest absolute Gasteiger partial charge is 0.258 e. The topological polar surface area (TPSA) is 29.5 Å². The lowest BCUT2D eigenvalue weighted by atomic mass is 10.0. The van der Waals surface area contributed by atoms with Crippen molar-refractivity contribution in [3.8, 4) is 5.75 Å². The number of rotatable bonds is 2. The van der Waals surface area contributed by atoms with Crippen LogP contribution >= 0.6 is 0 Å². The highest BCUT2D eigenvalue weighted by Gasteiger charge is 2.28. The van der Waals surface area contributed by atoms with Gasteiger partial charge >= 0.3 is 0 Å². The monoisotopic (exact) mass is 265 g/mol. The quantitative estimate of drug-likeness (QED) is 0.780. The molecule has 2 aromatic carbocycles. The second-order valence-corrected chi connectivity index (χ2v) is 4.72. The van der Waals surface area contributed by atoms with Gasteiger partial charge in [0.25, 0.3) is 5.91 Å². The third-order valence-electron chi connectivity index (χ3n) is 3.50. The Morgan fingerprint density at radius 3 is 2.70 bits per heavy atom. The van der Waals surface area contributed by atoms with Crippen LogP contribution in [0.2, 0.25) is 0 Å². The minimum absolute atomic E-state index is 0.0222. The Hall–Kier alpha value is -2.55. The zero-order valence-corrected chi connectivity index (χ0v) is 11.5. The van der Waals surface area contributed by atoms with E-state index in [0.29, 0.717) is 0 Å². The van der Waals surface area contributed by atoms with Crippen molar-refractivity contribution in [1.29, 1.82) is 0 Å². The van der Waals surface area contributed by atoms with Gasteiger partial charge in [-0.3, -0.25) is 4.79 Å².